The van der Waals surface area contributed by atoms with Crippen LogP contribution in [0.25, 0.3) is 0 Å². The summed E-state index contributed by atoms with van der Waals surface area (Å²) < 4.78 is 41.0. The van der Waals surface area contributed by atoms with Crippen molar-refractivity contribution in [3.05, 3.63) is 29.8 Å². The number of nitrogens with zero attached hydrogens (tertiary/aromatic N) is 1. The summed E-state index contributed by atoms with van der Waals surface area (Å²) >= 11 is 0. The zero-order valence-corrected chi connectivity index (χ0v) is 13.7. The summed E-state index contributed by atoms with van der Waals surface area (Å²) in [4.78, 5) is 13.3. The van der Waals surface area contributed by atoms with Crippen molar-refractivity contribution in [2.24, 2.45) is 0 Å². The second kappa shape index (κ2) is 8.37. The largest absolute Gasteiger partial charge is 0.573 e. The fourth-order valence-electron chi connectivity index (χ4n) is 3.09. The first-order valence-electron chi connectivity index (χ1n) is 8.16. The number of hydrogen-bond donors (Lipinski definition) is 1. The van der Waals surface area contributed by atoms with Crippen molar-refractivity contribution >= 4 is 5.91 Å². The van der Waals surface area contributed by atoms with Crippen LogP contribution in [0.3, 0.4) is 0 Å². The van der Waals surface area contributed by atoms with E-state index in [-0.39, 0.29) is 11.7 Å². The average Bonchev–Trinajstić information content (AvgIpc) is 2.47. The molecule has 1 amide bonds. The average molecular weight is 344 g/mol. The van der Waals surface area contributed by atoms with Gasteiger partial charge < -0.3 is 10.1 Å². The van der Waals surface area contributed by atoms with Gasteiger partial charge in [0.05, 0.1) is 0 Å². The summed E-state index contributed by atoms with van der Waals surface area (Å²) in [5, 5.41) is 2.80. The molecule has 0 aromatic heterocycles. The number of nitrogens with one attached hydrogen (secondary N) is 1. The molecule has 1 fully saturated rings. The van der Waals surface area contributed by atoms with Crippen LogP contribution in [0.4, 0.5) is 13.2 Å². The van der Waals surface area contributed by atoms with E-state index in [4.69, 9.17) is 0 Å². The molecule has 0 unspecified atom stereocenters. The zero-order chi connectivity index (χ0) is 17.6. The van der Waals surface area contributed by atoms with Crippen molar-refractivity contribution in [3.63, 3.8) is 0 Å². The van der Waals surface area contributed by atoms with Crippen molar-refractivity contribution in [1.82, 2.24) is 10.2 Å². The number of carbonyl (C=O) groups excluding carboxylic acids is 1. The molecular weight excluding hydrogens is 321 g/mol. The van der Waals surface area contributed by atoms with E-state index in [9.17, 15) is 18.0 Å². The number of rotatable bonds is 6. The van der Waals surface area contributed by atoms with E-state index in [1.54, 1.807) is 6.07 Å². The van der Waals surface area contributed by atoms with Gasteiger partial charge in [0.25, 0.3) is 0 Å². The van der Waals surface area contributed by atoms with E-state index in [0.717, 1.165) is 37.8 Å². The van der Waals surface area contributed by atoms with Crippen LogP contribution in [-0.4, -0.2) is 36.3 Å². The Hall–Kier alpha value is -1.76. The lowest BCUT2D eigenvalue weighted by molar-refractivity contribution is -0.274. The second-order valence-corrected chi connectivity index (χ2v) is 6.09. The molecule has 0 spiro atoms. The highest BCUT2D eigenvalue weighted by molar-refractivity contribution is 5.72. The maximum absolute atomic E-state index is 12.3. The lowest BCUT2D eigenvalue weighted by Gasteiger charge is -2.36. The summed E-state index contributed by atoms with van der Waals surface area (Å²) in [6.45, 7) is 3.60. The highest BCUT2D eigenvalue weighted by atomic mass is 19.4. The van der Waals surface area contributed by atoms with Crippen LogP contribution in [0.5, 0.6) is 5.75 Å². The molecule has 0 radical (unpaired) electrons. The molecular formula is C17H23F3N2O2. The second-order valence-electron chi connectivity index (χ2n) is 6.09. The predicted octanol–water partition coefficient (Wildman–Crippen LogP) is 3.47. The molecule has 2 rings (SSSR count). The SMILES string of the molecule is CC(=O)NCC[C@H]1CCCCN1Cc1cccc(OC(F)(F)F)c1. The molecule has 1 saturated heterocycles. The van der Waals surface area contributed by atoms with Crippen LogP contribution in [0, 0.1) is 0 Å². The third kappa shape index (κ3) is 6.39. The zero-order valence-electron chi connectivity index (χ0n) is 13.7. The number of alkyl halides is 3. The topological polar surface area (TPSA) is 41.6 Å². The fourth-order valence-corrected chi connectivity index (χ4v) is 3.09. The molecule has 1 aliphatic heterocycles. The molecule has 1 atom stereocenters. The molecule has 0 aliphatic carbocycles. The third-order valence-electron chi connectivity index (χ3n) is 4.12. The molecule has 134 valence electrons. The standard InChI is InChI=1S/C17H23F3N2O2/c1-13(23)21-9-8-15-6-2-3-10-22(15)12-14-5-4-7-16(11-14)24-17(18,19)20/h4-5,7,11,15H,2-3,6,8-10,12H2,1H3,(H,21,23)/t15-/m1/s1. The number of amides is 1. The summed E-state index contributed by atoms with van der Waals surface area (Å²) in [5.74, 6) is -0.235. The third-order valence-corrected chi connectivity index (χ3v) is 4.12. The molecule has 4 nitrogen and oxygen atoms in total. The number of ether oxygens (including phenoxy) is 1. The number of piperidine rings is 1. The first kappa shape index (κ1) is 18.6. The highest BCUT2D eigenvalue weighted by Gasteiger charge is 2.31. The summed E-state index contributed by atoms with van der Waals surface area (Å²) in [5.41, 5.74) is 0.795. The van der Waals surface area contributed by atoms with Gasteiger partial charge in [-0.05, 0) is 43.5 Å². The Labute approximate surface area is 140 Å². The Kier molecular flexibility index (Phi) is 6.48. The summed E-state index contributed by atoms with van der Waals surface area (Å²) in [6.07, 6.45) is -0.574. The van der Waals surface area contributed by atoms with Crippen LogP contribution in [0.2, 0.25) is 0 Å². The monoisotopic (exact) mass is 344 g/mol. The fraction of sp³-hybridized carbons (Fsp3) is 0.588. The number of likely N-dealkylation sites (tertiary alicyclic amines) is 1. The Morgan fingerprint density at radius 3 is 2.88 bits per heavy atom. The van der Waals surface area contributed by atoms with Crippen molar-refractivity contribution < 1.29 is 22.7 Å². The minimum atomic E-state index is -4.68. The number of carbonyl (C=O) groups is 1. The molecule has 1 N–H and O–H groups in total. The summed E-state index contributed by atoms with van der Waals surface area (Å²) in [6, 6.07) is 6.46. The maximum atomic E-state index is 12.3. The molecule has 1 heterocycles. The first-order chi connectivity index (χ1) is 11.3. The van der Waals surface area contributed by atoms with Gasteiger partial charge in [0.1, 0.15) is 5.75 Å². The van der Waals surface area contributed by atoms with Crippen molar-refractivity contribution in [2.45, 2.75) is 51.6 Å². The van der Waals surface area contributed by atoms with Crippen LogP contribution in [-0.2, 0) is 11.3 Å². The number of benzene rings is 1. The van der Waals surface area contributed by atoms with E-state index in [0.29, 0.717) is 19.1 Å². The molecule has 1 aliphatic rings. The van der Waals surface area contributed by atoms with Crippen LogP contribution >= 0.6 is 0 Å². The molecule has 1 aromatic carbocycles. The van der Waals surface area contributed by atoms with Crippen molar-refractivity contribution in [1.29, 1.82) is 0 Å². The molecule has 7 heteroatoms. The summed E-state index contributed by atoms with van der Waals surface area (Å²) in [7, 11) is 0. The Bertz CT molecular complexity index is 549. The van der Waals surface area contributed by atoms with Gasteiger partial charge in [-0.25, -0.2) is 0 Å². The Morgan fingerprint density at radius 2 is 2.17 bits per heavy atom. The Morgan fingerprint density at radius 1 is 1.38 bits per heavy atom. The van der Waals surface area contributed by atoms with Crippen LogP contribution in [0.1, 0.15) is 38.2 Å². The number of hydrogen-bond acceptors (Lipinski definition) is 3. The van der Waals surface area contributed by atoms with E-state index >= 15 is 0 Å². The van der Waals surface area contributed by atoms with Crippen LogP contribution < -0.4 is 10.1 Å². The minimum Gasteiger partial charge on any atom is -0.406 e. The first-order valence-corrected chi connectivity index (χ1v) is 8.16. The van der Waals surface area contributed by atoms with Crippen molar-refractivity contribution in [2.75, 3.05) is 13.1 Å². The van der Waals surface area contributed by atoms with Gasteiger partial charge in [0, 0.05) is 26.1 Å². The van der Waals surface area contributed by atoms with Gasteiger partial charge in [0.15, 0.2) is 0 Å². The van der Waals surface area contributed by atoms with E-state index < -0.39 is 6.36 Å². The van der Waals surface area contributed by atoms with Gasteiger partial charge >= 0.3 is 6.36 Å². The lowest BCUT2D eigenvalue weighted by Crippen LogP contribution is -2.41. The van der Waals surface area contributed by atoms with Gasteiger partial charge in [0.2, 0.25) is 5.91 Å². The molecule has 1 aromatic rings. The van der Waals surface area contributed by atoms with Crippen LogP contribution in [0.15, 0.2) is 24.3 Å². The van der Waals surface area contributed by atoms with E-state index in [2.05, 4.69) is 15.0 Å². The molecule has 0 bridgehead atoms. The van der Waals surface area contributed by atoms with Gasteiger partial charge in [-0.1, -0.05) is 18.6 Å². The van der Waals surface area contributed by atoms with Gasteiger partial charge in [-0.2, -0.15) is 0 Å². The Balaban J connectivity index is 1.96. The quantitative estimate of drug-likeness (QED) is 0.859. The van der Waals surface area contributed by atoms with E-state index in [1.165, 1.54) is 19.1 Å². The number of halogens is 3. The van der Waals surface area contributed by atoms with Gasteiger partial charge in [-0.15, -0.1) is 13.2 Å². The normalized spacial score (nSPS) is 19.1. The maximum Gasteiger partial charge on any atom is 0.573 e. The van der Waals surface area contributed by atoms with Gasteiger partial charge in [-0.3, -0.25) is 9.69 Å². The predicted molar refractivity (Wildman–Crippen MR) is 84.5 cm³/mol. The van der Waals surface area contributed by atoms with E-state index in [1.807, 2.05) is 6.07 Å². The smallest absolute Gasteiger partial charge is 0.406 e. The highest BCUT2D eigenvalue weighted by Crippen LogP contribution is 2.26. The molecule has 24 heavy (non-hydrogen) atoms. The lowest BCUT2D eigenvalue weighted by atomic mass is 9.98. The molecule has 0 saturated carbocycles. The van der Waals surface area contributed by atoms with Crippen molar-refractivity contribution in [3.8, 4) is 5.75 Å². The minimum absolute atomic E-state index is 0.0469.